The number of pyridine rings is 1. The number of likely N-dealkylation sites (tertiary alicyclic amines) is 1. The summed E-state index contributed by atoms with van der Waals surface area (Å²) in [4.78, 5) is 28.4. The van der Waals surface area contributed by atoms with Crippen molar-refractivity contribution in [3.05, 3.63) is 65.6 Å². The molecular formula is C28H38N6O. The van der Waals surface area contributed by atoms with E-state index in [9.17, 15) is 4.79 Å². The van der Waals surface area contributed by atoms with Gasteiger partial charge in [-0.25, -0.2) is 9.97 Å². The number of hydrogen-bond acceptors (Lipinski definition) is 6. The summed E-state index contributed by atoms with van der Waals surface area (Å²) in [5.41, 5.74) is 9.87. The topological polar surface area (TPSA) is 97.0 Å². The van der Waals surface area contributed by atoms with Gasteiger partial charge in [-0.05, 0) is 82.5 Å². The molecule has 0 spiro atoms. The Morgan fingerprint density at radius 1 is 1.14 bits per heavy atom. The predicted molar refractivity (Wildman–Crippen MR) is 144 cm³/mol. The lowest BCUT2D eigenvalue weighted by Gasteiger charge is -2.25. The molecule has 0 radical (unpaired) electrons. The molecule has 0 aliphatic carbocycles. The van der Waals surface area contributed by atoms with Crippen molar-refractivity contribution in [1.29, 1.82) is 0 Å². The molecule has 3 heterocycles. The van der Waals surface area contributed by atoms with Gasteiger partial charge in [0.1, 0.15) is 0 Å². The first-order chi connectivity index (χ1) is 16.9. The van der Waals surface area contributed by atoms with E-state index in [0.29, 0.717) is 17.6 Å². The molecule has 1 aliphatic rings. The van der Waals surface area contributed by atoms with Gasteiger partial charge in [0.2, 0.25) is 5.95 Å². The number of piperidine rings is 1. The van der Waals surface area contributed by atoms with Crippen LogP contribution in [0.25, 0.3) is 16.5 Å². The third kappa shape index (κ3) is 7.94. The second kappa shape index (κ2) is 13.1. The second-order valence-corrected chi connectivity index (χ2v) is 9.15. The Balaban J connectivity index is 0.000000623. The van der Waals surface area contributed by atoms with Gasteiger partial charge in [0.25, 0.3) is 5.91 Å². The zero-order valence-corrected chi connectivity index (χ0v) is 21.4. The van der Waals surface area contributed by atoms with E-state index in [2.05, 4.69) is 51.2 Å². The quantitative estimate of drug-likeness (QED) is 0.494. The minimum Gasteiger partial charge on any atom is -0.328 e. The summed E-state index contributed by atoms with van der Waals surface area (Å²) in [6, 6.07) is 10.0. The zero-order chi connectivity index (χ0) is 25.2. The molecule has 1 amide bonds. The van der Waals surface area contributed by atoms with Crippen LogP contribution in [0.1, 0.15) is 75.0 Å². The number of allylic oxidation sites excluding steroid dienone is 2. The van der Waals surface area contributed by atoms with Crippen LogP contribution in [0.2, 0.25) is 0 Å². The normalized spacial score (nSPS) is 15.3. The van der Waals surface area contributed by atoms with Crippen LogP contribution >= 0.6 is 0 Å². The van der Waals surface area contributed by atoms with Crippen molar-refractivity contribution in [2.24, 2.45) is 5.73 Å². The minimum atomic E-state index is -0.225. The van der Waals surface area contributed by atoms with E-state index in [0.717, 1.165) is 48.2 Å². The largest absolute Gasteiger partial charge is 0.328 e. The van der Waals surface area contributed by atoms with Gasteiger partial charge < -0.3 is 5.73 Å². The molecule has 2 aromatic heterocycles. The Hall–Kier alpha value is -3.16. The van der Waals surface area contributed by atoms with Crippen molar-refractivity contribution < 1.29 is 4.79 Å². The number of hydrogen-bond donors (Lipinski definition) is 2. The van der Waals surface area contributed by atoms with Crippen LogP contribution in [0.5, 0.6) is 0 Å². The van der Waals surface area contributed by atoms with Crippen molar-refractivity contribution >= 4 is 28.3 Å². The number of rotatable bonds is 6. The molecule has 186 valence electrons. The van der Waals surface area contributed by atoms with E-state index < -0.39 is 0 Å². The highest BCUT2D eigenvalue weighted by Crippen LogP contribution is 2.20. The molecule has 1 aromatic carbocycles. The summed E-state index contributed by atoms with van der Waals surface area (Å²) < 4.78 is 0. The van der Waals surface area contributed by atoms with Gasteiger partial charge >= 0.3 is 0 Å². The number of nitrogens with zero attached hydrogens (tertiary/aromatic N) is 4. The summed E-state index contributed by atoms with van der Waals surface area (Å²) in [6.45, 7) is 11.1. The fourth-order valence-electron chi connectivity index (χ4n) is 3.72. The number of aromatic nitrogens is 3. The monoisotopic (exact) mass is 474 g/mol. The van der Waals surface area contributed by atoms with Gasteiger partial charge in [-0.2, -0.15) is 0 Å². The van der Waals surface area contributed by atoms with Crippen molar-refractivity contribution in [2.75, 3.05) is 18.4 Å². The minimum absolute atomic E-state index is 0.225. The fraction of sp³-hybridized carbons (Fsp3) is 0.429. The Morgan fingerprint density at radius 3 is 2.57 bits per heavy atom. The molecule has 1 aliphatic heterocycles. The first kappa shape index (κ1) is 26.4. The Morgan fingerprint density at radius 2 is 1.89 bits per heavy atom. The maximum absolute atomic E-state index is 12.8. The first-order valence-electron chi connectivity index (χ1n) is 12.5. The van der Waals surface area contributed by atoms with E-state index in [1.54, 1.807) is 18.5 Å². The molecular weight excluding hydrogens is 436 g/mol. The number of fused-ring (bicyclic) bond motifs is 1. The van der Waals surface area contributed by atoms with Crippen LogP contribution in [-0.2, 0) is 6.54 Å². The van der Waals surface area contributed by atoms with Gasteiger partial charge in [0.15, 0.2) is 0 Å². The molecule has 1 unspecified atom stereocenters. The second-order valence-electron chi connectivity index (χ2n) is 9.15. The summed E-state index contributed by atoms with van der Waals surface area (Å²) >= 11 is 0. The molecule has 1 atom stereocenters. The van der Waals surface area contributed by atoms with Gasteiger partial charge in [0, 0.05) is 35.9 Å². The molecule has 35 heavy (non-hydrogen) atoms. The number of benzene rings is 1. The summed E-state index contributed by atoms with van der Waals surface area (Å²) in [7, 11) is 0. The Labute approximate surface area is 208 Å². The predicted octanol–water partition coefficient (Wildman–Crippen LogP) is 5.43. The van der Waals surface area contributed by atoms with E-state index in [4.69, 9.17) is 5.73 Å². The highest BCUT2D eigenvalue weighted by molar-refractivity contribution is 6.03. The molecule has 4 rings (SSSR count). The van der Waals surface area contributed by atoms with Gasteiger partial charge in [0.05, 0.1) is 11.2 Å². The first-order valence-corrected chi connectivity index (χ1v) is 12.5. The standard InChI is InChI=1S/C24H27N5O.C4H11N/c1-3-17(2)18-7-8-20-15-26-24(27-22(20)14-18)28-23(30)19-9-10-25-21(13-19)16-29-11-5-4-6-12-29;1-3-4(2)5/h3,7-10,13-15H,4-6,11-12,16H2,1-2H3,(H,26,27,28,30);4H,3,5H2,1-2H3/b17-3+;. The number of nitrogens with one attached hydrogen (secondary N) is 1. The van der Waals surface area contributed by atoms with E-state index in [1.807, 2.05) is 32.0 Å². The van der Waals surface area contributed by atoms with E-state index in [-0.39, 0.29) is 5.91 Å². The third-order valence-electron chi connectivity index (χ3n) is 6.25. The molecule has 7 heteroatoms. The van der Waals surface area contributed by atoms with Gasteiger partial charge in [-0.3, -0.25) is 20.0 Å². The van der Waals surface area contributed by atoms with Crippen molar-refractivity contribution in [2.45, 2.75) is 66.0 Å². The third-order valence-corrected chi connectivity index (χ3v) is 6.25. The molecule has 0 bridgehead atoms. The van der Waals surface area contributed by atoms with Crippen molar-refractivity contribution in [3.63, 3.8) is 0 Å². The van der Waals surface area contributed by atoms with Crippen LogP contribution in [0.3, 0.4) is 0 Å². The number of nitrogens with two attached hydrogens (primary N) is 1. The average molecular weight is 475 g/mol. The molecule has 0 saturated carbocycles. The average Bonchev–Trinajstić information content (AvgIpc) is 2.88. The summed E-state index contributed by atoms with van der Waals surface area (Å²) in [6.07, 6.45) is 10.3. The molecule has 1 fully saturated rings. The maximum Gasteiger partial charge on any atom is 0.258 e. The Kier molecular flexibility index (Phi) is 9.87. The highest BCUT2D eigenvalue weighted by Gasteiger charge is 2.14. The van der Waals surface area contributed by atoms with Gasteiger partial charge in [-0.1, -0.05) is 31.6 Å². The SMILES string of the molecule is C/C=C(\C)c1ccc2cnc(NC(=O)c3ccnc(CN4CCCCC4)c3)nc2c1.CCC(C)N. The van der Waals surface area contributed by atoms with Crippen LogP contribution in [0, 0.1) is 0 Å². The summed E-state index contributed by atoms with van der Waals surface area (Å²) in [5.74, 6) is 0.0783. The van der Waals surface area contributed by atoms with Crippen molar-refractivity contribution in [1.82, 2.24) is 19.9 Å². The van der Waals surface area contributed by atoms with Crippen LogP contribution in [-0.4, -0.2) is 44.9 Å². The fourth-order valence-corrected chi connectivity index (χ4v) is 3.72. The lowest BCUT2D eigenvalue weighted by molar-refractivity contribution is 0.102. The summed E-state index contributed by atoms with van der Waals surface area (Å²) in [5, 5.41) is 3.77. The number of carbonyl (C=O) groups excluding carboxylic acids is 1. The molecule has 1 saturated heterocycles. The Bertz CT molecular complexity index is 1150. The van der Waals surface area contributed by atoms with Crippen molar-refractivity contribution in [3.8, 4) is 0 Å². The smallest absolute Gasteiger partial charge is 0.258 e. The highest BCUT2D eigenvalue weighted by atomic mass is 16.1. The van der Waals surface area contributed by atoms with Gasteiger partial charge in [-0.15, -0.1) is 0 Å². The molecule has 7 nitrogen and oxygen atoms in total. The molecule has 3 N–H and O–H groups in total. The number of carbonyl (C=O) groups is 1. The van der Waals surface area contributed by atoms with Crippen LogP contribution in [0.15, 0.2) is 48.8 Å². The lowest BCUT2D eigenvalue weighted by Crippen LogP contribution is -2.29. The van der Waals surface area contributed by atoms with E-state index in [1.165, 1.54) is 24.8 Å². The number of anilines is 1. The number of amides is 1. The zero-order valence-electron chi connectivity index (χ0n) is 21.4. The van der Waals surface area contributed by atoms with Crippen LogP contribution in [0.4, 0.5) is 5.95 Å². The maximum atomic E-state index is 12.8. The van der Waals surface area contributed by atoms with E-state index >= 15 is 0 Å². The molecule has 3 aromatic rings. The van der Waals surface area contributed by atoms with Crippen LogP contribution < -0.4 is 11.1 Å². The lowest BCUT2D eigenvalue weighted by atomic mass is 10.1.